The second-order valence-electron chi connectivity index (χ2n) is 3.56. The summed E-state index contributed by atoms with van der Waals surface area (Å²) in [7, 11) is 0. The summed E-state index contributed by atoms with van der Waals surface area (Å²) in [6, 6.07) is 3.54. The van der Waals surface area contributed by atoms with Crippen molar-refractivity contribution in [1.82, 2.24) is 0 Å². The fraction of sp³-hybridized carbons (Fsp3) is 0.167. The highest BCUT2D eigenvalue weighted by atomic mass is 16.3. The van der Waals surface area contributed by atoms with Gasteiger partial charge >= 0.3 is 0 Å². The smallest absolute Gasteiger partial charge is 0.137 e. The average Bonchev–Trinajstić information content (AvgIpc) is 2.46. The van der Waals surface area contributed by atoms with E-state index in [9.17, 15) is 5.11 Å². The van der Waals surface area contributed by atoms with Crippen LogP contribution in [0.1, 0.15) is 18.1 Å². The Morgan fingerprint density at radius 3 is 2.79 bits per heavy atom. The van der Waals surface area contributed by atoms with Gasteiger partial charge in [0.25, 0.3) is 0 Å². The van der Waals surface area contributed by atoms with Gasteiger partial charge in [-0.3, -0.25) is 0 Å². The number of rotatable bonds is 1. The number of hydrogen-bond acceptors (Lipinski definition) is 2. The zero-order chi connectivity index (χ0) is 10.3. The van der Waals surface area contributed by atoms with Crippen molar-refractivity contribution < 1.29 is 9.52 Å². The van der Waals surface area contributed by atoms with Crippen molar-refractivity contribution in [3.63, 3.8) is 0 Å². The lowest BCUT2D eigenvalue weighted by Crippen LogP contribution is -1.80. The topological polar surface area (TPSA) is 33.4 Å². The molecule has 72 valence electrons. The Kier molecular flexibility index (Phi) is 1.84. The molecule has 0 aliphatic rings. The lowest BCUT2D eigenvalue weighted by molar-refractivity contribution is 0.472. The van der Waals surface area contributed by atoms with Crippen molar-refractivity contribution in [3.8, 4) is 5.75 Å². The van der Waals surface area contributed by atoms with E-state index in [1.807, 2.05) is 19.9 Å². The van der Waals surface area contributed by atoms with Crippen LogP contribution in [0.4, 0.5) is 0 Å². The van der Waals surface area contributed by atoms with E-state index in [-0.39, 0.29) is 5.75 Å². The molecule has 1 aromatic carbocycles. The van der Waals surface area contributed by atoms with E-state index in [4.69, 9.17) is 4.42 Å². The zero-order valence-electron chi connectivity index (χ0n) is 8.29. The van der Waals surface area contributed by atoms with Crippen LogP contribution >= 0.6 is 0 Å². The van der Waals surface area contributed by atoms with E-state index in [2.05, 4.69) is 6.58 Å². The molecule has 1 heterocycles. The maximum Gasteiger partial charge on any atom is 0.137 e. The first kappa shape index (κ1) is 8.88. The molecule has 0 amide bonds. The van der Waals surface area contributed by atoms with E-state index in [1.54, 1.807) is 12.3 Å². The Morgan fingerprint density at radius 1 is 1.43 bits per heavy atom. The minimum Gasteiger partial charge on any atom is -0.507 e. The molecule has 0 unspecified atom stereocenters. The number of benzene rings is 1. The normalized spacial score (nSPS) is 10.7. The van der Waals surface area contributed by atoms with E-state index in [0.29, 0.717) is 5.58 Å². The van der Waals surface area contributed by atoms with Gasteiger partial charge in [0.05, 0.1) is 6.26 Å². The summed E-state index contributed by atoms with van der Waals surface area (Å²) >= 11 is 0. The predicted octanol–water partition coefficient (Wildman–Crippen LogP) is 3.48. The van der Waals surface area contributed by atoms with Gasteiger partial charge in [-0.05, 0) is 31.1 Å². The molecule has 0 fully saturated rings. The van der Waals surface area contributed by atoms with Gasteiger partial charge in [0.2, 0.25) is 0 Å². The third-order valence-electron chi connectivity index (χ3n) is 2.35. The third-order valence-corrected chi connectivity index (χ3v) is 2.35. The van der Waals surface area contributed by atoms with Crippen LogP contribution in [-0.4, -0.2) is 5.11 Å². The van der Waals surface area contributed by atoms with E-state index >= 15 is 0 Å². The molecule has 2 rings (SSSR count). The molecule has 0 aliphatic carbocycles. The molecule has 0 aliphatic heterocycles. The van der Waals surface area contributed by atoms with Crippen molar-refractivity contribution in [2.24, 2.45) is 0 Å². The molecule has 2 heteroatoms. The molecule has 0 bridgehead atoms. The van der Waals surface area contributed by atoms with Crippen LogP contribution in [0.25, 0.3) is 16.5 Å². The highest BCUT2D eigenvalue weighted by molar-refractivity contribution is 5.87. The molecule has 1 aromatic heterocycles. The number of fused-ring (bicyclic) bond motifs is 1. The van der Waals surface area contributed by atoms with Gasteiger partial charge in [0.1, 0.15) is 11.3 Å². The summed E-state index contributed by atoms with van der Waals surface area (Å²) < 4.78 is 5.27. The van der Waals surface area contributed by atoms with Gasteiger partial charge in [-0.2, -0.15) is 0 Å². The number of aryl methyl sites for hydroxylation is 1. The van der Waals surface area contributed by atoms with Gasteiger partial charge in [-0.15, -0.1) is 0 Å². The summed E-state index contributed by atoms with van der Waals surface area (Å²) in [5.41, 5.74) is 3.42. The van der Waals surface area contributed by atoms with Crippen LogP contribution in [0.15, 0.2) is 29.4 Å². The van der Waals surface area contributed by atoms with Crippen molar-refractivity contribution in [1.29, 1.82) is 0 Å². The summed E-state index contributed by atoms with van der Waals surface area (Å²) in [5.74, 6) is 0.222. The van der Waals surface area contributed by atoms with Crippen LogP contribution < -0.4 is 0 Å². The highest BCUT2D eigenvalue weighted by Crippen LogP contribution is 2.31. The van der Waals surface area contributed by atoms with Crippen LogP contribution in [0, 0.1) is 6.92 Å². The second kappa shape index (κ2) is 2.91. The molecular formula is C12H12O2. The Morgan fingerprint density at radius 2 is 2.14 bits per heavy atom. The van der Waals surface area contributed by atoms with E-state index in [1.165, 1.54) is 0 Å². The minimum atomic E-state index is 0.222. The standard InChI is InChI=1S/C12H12O2/c1-7(2)9-4-10-8(3)6-14-12(10)5-11(9)13/h4-6,13H,1H2,2-3H3. The van der Waals surface area contributed by atoms with Crippen molar-refractivity contribution >= 4 is 16.5 Å². The van der Waals surface area contributed by atoms with Crippen molar-refractivity contribution in [2.45, 2.75) is 13.8 Å². The zero-order valence-corrected chi connectivity index (χ0v) is 8.29. The quantitative estimate of drug-likeness (QED) is 0.743. The number of aromatic hydroxyl groups is 1. The number of phenols is 1. The molecule has 2 nitrogen and oxygen atoms in total. The first-order valence-electron chi connectivity index (χ1n) is 4.46. The lowest BCUT2D eigenvalue weighted by atomic mass is 10.0. The monoisotopic (exact) mass is 188 g/mol. The minimum absolute atomic E-state index is 0.222. The third kappa shape index (κ3) is 1.20. The largest absolute Gasteiger partial charge is 0.507 e. The highest BCUT2D eigenvalue weighted by Gasteiger charge is 2.08. The molecule has 0 atom stereocenters. The van der Waals surface area contributed by atoms with Gasteiger partial charge in [0.15, 0.2) is 0 Å². The van der Waals surface area contributed by atoms with Crippen LogP contribution in [0.5, 0.6) is 5.75 Å². The molecule has 0 saturated carbocycles. The maximum atomic E-state index is 9.67. The van der Waals surface area contributed by atoms with E-state index < -0.39 is 0 Å². The Balaban J connectivity index is 2.80. The average molecular weight is 188 g/mol. The Labute approximate surface area is 82.5 Å². The summed E-state index contributed by atoms with van der Waals surface area (Å²) in [6.07, 6.45) is 1.69. The van der Waals surface area contributed by atoms with E-state index in [0.717, 1.165) is 22.1 Å². The molecule has 0 saturated heterocycles. The fourth-order valence-electron chi connectivity index (χ4n) is 1.53. The number of allylic oxidation sites excluding steroid dienone is 1. The lowest BCUT2D eigenvalue weighted by Gasteiger charge is -2.03. The first-order chi connectivity index (χ1) is 6.59. The van der Waals surface area contributed by atoms with Gasteiger partial charge in [-0.1, -0.05) is 6.58 Å². The maximum absolute atomic E-state index is 9.67. The van der Waals surface area contributed by atoms with Crippen LogP contribution in [0.2, 0.25) is 0 Å². The second-order valence-corrected chi connectivity index (χ2v) is 3.56. The van der Waals surface area contributed by atoms with Gasteiger partial charge < -0.3 is 9.52 Å². The molecular weight excluding hydrogens is 176 g/mol. The number of phenolic OH excluding ortho intramolecular Hbond substituents is 1. The van der Waals surface area contributed by atoms with Crippen LogP contribution in [0.3, 0.4) is 0 Å². The Hall–Kier alpha value is -1.70. The molecule has 14 heavy (non-hydrogen) atoms. The summed E-state index contributed by atoms with van der Waals surface area (Å²) in [5, 5.41) is 10.7. The SMILES string of the molecule is C=C(C)c1cc2c(C)coc2cc1O. The fourth-order valence-corrected chi connectivity index (χ4v) is 1.53. The van der Waals surface area contributed by atoms with Gasteiger partial charge in [0, 0.05) is 17.0 Å². The number of furan rings is 1. The summed E-state index contributed by atoms with van der Waals surface area (Å²) in [6.45, 7) is 7.67. The van der Waals surface area contributed by atoms with Crippen molar-refractivity contribution in [3.05, 3.63) is 36.1 Å². The number of hydrogen-bond donors (Lipinski definition) is 1. The molecule has 2 aromatic rings. The summed E-state index contributed by atoms with van der Waals surface area (Å²) in [4.78, 5) is 0. The van der Waals surface area contributed by atoms with Gasteiger partial charge in [-0.25, -0.2) is 0 Å². The Bertz CT molecular complexity index is 506. The molecule has 1 N–H and O–H groups in total. The van der Waals surface area contributed by atoms with Crippen molar-refractivity contribution in [2.75, 3.05) is 0 Å². The first-order valence-corrected chi connectivity index (χ1v) is 4.46. The molecule has 0 radical (unpaired) electrons. The van der Waals surface area contributed by atoms with Crippen LogP contribution in [-0.2, 0) is 0 Å². The molecule has 0 spiro atoms. The predicted molar refractivity (Wildman–Crippen MR) is 57.3 cm³/mol.